The van der Waals surface area contributed by atoms with E-state index in [9.17, 15) is 22.8 Å². The first-order valence-electron chi connectivity index (χ1n) is 6.39. The van der Waals surface area contributed by atoms with Gasteiger partial charge in [-0.05, 0) is 18.2 Å². The Labute approximate surface area is 128 Å². The highest BCUT2D eigenvalue weighted by atomic mass is 19.4. The van der Waals surface area contributed by atoms with E-state index in [1.165, 1.54) is 26.2 Å². The number of carbonyl (C=O) groups is 2. The number of hydrogen-bond donors (Lipinski definition) is 1. The van der Waals surface area contributed by atoms with E-state index in [4.69, 9.17) is 5.26 Å². The summed E-state index contributed by atoms with van der Waals surface area (Å²) in [5, 5.41) is 11.1. The zero-order valence-electron chi connectivity index (χ0n) is 12.1. The second-order valence-electron chi connectivity index (χ2n) is 4.74. The van der Waals surface area contributed by atoms with Crippen molar-refractivity contribution in [2.75, 3.05) is 7.05 Å². The number of hydrogen-bond acceptors (Lipinski definition) is 4. The lowest BCUT2D eigenvalue weighted by Crippen LogP contribution is -2.32. The van der Waals surface area contributed by atoms with Gasteiger partial charge in [-0.15, -0.1) is 0 Å². The van der Waals surface area contributed by atoms with Crippen molar-refractivity contribution in [2.45, 2.75) is 6.18 Å². The van der Waals surface area contributed by atoms with Gasteiger partial charge in [-0.3, -0.25) is 9.59 Å². The number of aryl methyl sites for hydroxylation is 1. The molecule has 1 amide bonds. The minimum atomic E-state index is -4.63. The molecule has 1 aromatic carbocycles. The SMILES string of the molecule is CNC(=O)[C@H](C#N)C(=O)c1ccc2c(c1)nc(C(F)(F)F)n2C. The van der Waals surface area contributed by atoms with Crippen molar-refractivity contribution in [1.82, 2.24) is 14.9 Å². The van der Waals surface area contributed by atoms with Crippen LogP contribution in [0.4, 0.5) is 13.2 Å². The fraction of sp³-hybridized carbons (Fsp3) is 0.286. The normalized spacial score (nSPS) is 12.7. The lowest BCUT2D eigenvalue weighted by atomic mass is 9.98. The predicted octanol–water partition coefficient (Wildman–Crippen LogP) is 1.66. The Balaban J connectivity index is 2.51. The first-order valence-corrected chi connectivity index (χ1v) is 6.39. The summed E-state index contributed by atoms with van der Waals surface area (Å²) in [6, 6.07) is 5.27. The van der Waals surface area contributed by atoms with Gasteiger partial charge in [0.05, 0.1) is 17.1 Å². The summed E-state index contributed by atoms with van der Waals surface area (Å²) in [5.74, 6) is -4.24. The molecule has 0 spiro atoms. The fourth-order valence-electron chi connectivity index (χ4n) is 2.15. The number of nitriles is 1. The van der Waals surface area contributed by atoms with Crippen LogP contribution in [-0.2, 0) is 18.0 Å². The maximum Gasteiger partial charge on any atom is 0.449 e. The third kappa shape index (κ3) is 2.88. The molecule has 0 radical (unpaired) electrons. The molecule has 1 aromatic heterocycles. The number of fused-ring (bicyclic) bond motifs is 1. The first kappa shape index (κ1) is 16.5. The third-order valence-electron chi connectivity index (χ3n) is 3.32. The monoisotopic (exact) mass is 324 g/mol. The van der Waals surface area contributed by atoms with Crippen LogP contribution in [-0.4, -0.2) is 28.3 Å². The quantitative estimate of drug-likeness (QED) is 0.687. The van der Waals surface area contributed by atoms with Gasteiger partial charge in [-0.25, -0.2) is 4.98 Å². The molecule has 2 aromatic rings. The number of alkyl halides is 3. The van der Waals surface area contributed by atoms with E-state index in [1.807, 2.05) is 0 Å². The average molecular weight is 324 g/mol. The lowest BCUT2D eigenvalue weighted by molar-refractivity contribution is -0.146. The highest BCUT2D eigenvalue weighted by Crippen LogP contribution is 2.31. The van der Waals surface area contributed by atoms with Crippen molar-refractivity contribution in [3.8, 4) is 6.07 Å². The van der Waals surface area contributed by atoms with Crippen LogP contribution in [0, 0.1) is 17.2 Å². The van der Waals surface area contributed by atoms with Gasteiger partial charge in [0.25, 0.3) is 0 Å². The minimum Gasteiger partial charge on any atom is -0.358 e. The Bertz CT molecular complexity index is 833. The number of ketones is 1. The molecular weight excluding hydrogens is 313 g/mol. The molecule has 9 heteroatoms. The Morgan fingerprint density at radius 3 is 2.57 bits per heavy atom. The molecule has 2 rings (SSSR count). The largest absolute Gasteiger partial charge is 0.449 e. The second kappa shape index (κ2) is 5.72. The summed E-state index contributed by atoms with van der Waals surface area (Å²) >= 11 is 0. The number of amides is 1. The van der Waals surface area contributed by atoms with Gasteiger partial charge in [0, 0.05) is 19.7 Å². The van der Waals surface area contributed by atoms with Crippen LogP contribution in [0.2, 0.25) is 0 Å². The van der Waals surface area contributed by atoms with Crippen LogP contribution in [0.1, 0.15) is 16.2 Å². The molecule has 0 fully saturated rings. The Morgan fingerprint density at radius 2 is 2.04 bits per heavy atom. The molecule has 0 saturated heterocycles. The number of rotatable bonds is 3. The zero-order chi connectivity index (χ0) is 17.4. The van der Waals surface area contributed by atoms with Gasteiger partial charge in [0.1, 0.15) is 0 Å². The standard InChI is InChI=1S/C14H11F3N4O2/c1-19-12(23)8(6-18)11(22)7-3-4-10-9(5-7)20-13(21(10)2)14(15,16)17/h3-5,8H,1-2H3,(H,19,23)/t8-/m1/s1. The van der Waals surface area contributed by atoms with E-state index in [2.05, 4.69) is 10.3 Å². The molecule has 6 nitrogen and oxygen atoms in total. The van der Waals surface area contributed by atoms with E-state index in [0.29, 0.717) is 0 Å². The number of nitrogens with one attached hydrogen (secondary N) is 1. The number of aromatic nitrogens is 2. The topological polar surface area (TPSA) is 87.8 Å². The Morgan fingerprint density at radius 1 is 1.39 bits per heavy atom. The molecule has 23 heavy (non-hydrogen) atoms. The highest BCUT2D eigenvalue weighted by Gasteiger charge is 2.37. The van der Waals surface area contributed by atoms with Gasteiger partial charge in [0.15, 0.2) is 11.7 Å². The maximum absolute atomic E-state index is 12.8. The first-order chi connectivity index (χ1) is 10.7. The molecule has 120 valence electrons. The van der Waals surface area contributed by atoms with Gasteiger partial charge < -0.3 is 9.88 Å². The summed E-state index contributed by atoms with van der Waals surface area (Å²) in [4.78, 5) is 27.1. The molecule has 0 bridgehead atoms. The van der Waals surface area contributed by atoms with Crippen LogP contribution in [0.5, 0.6) is 0 Å². The van der Waals surface area contributed by atoms with Crippen molar-refractivity contribution in [3.05, 3.63) is 29.6 Å². The van der Waals surface area contributed by atoms with E-state index in [-0.39, 0.29) is 16.6 Å². The molecule has 1 heterocycles. The second-order valence-corrected chi connectivity index (χ2v) is 4.74. The molecule has 1 N–H and O–H groups in total. The van der Waals surface area contributed by atoms with Crippen molar-refractivity contribution >= 4 is 22.7 Å². The number of halogens is 3. The van der Waals surface area contributed by atoms with Crippen molar-refractivity contribution in [2.24, 2.45) is 13.0 Å². The molecule has 0 aliphatic rings. The molecular formula is C14H11F3N4O2. The number of carbonyl (C=O) groups excluding carboxylic acids is 2. The molecule has 0 aliphatic carbocycles. The predicted molar refractivity (Wildman–Crippen MR) is 73.2 cm³/mol. The van der Waals surface area contributed by atoms with Crippen molar-refractivity contribution in [3.63, 3.8) is 0 Å². The van der Waals surface area contributed by atoms with Crippen molar-refractivity contribution < 1.29 is 22.8 Å². The van der Waals surface area contributed by atoms with Gasteiger partial charge in [0.2, 0.25) is 11.7 Å². The van der Waals surface area contributed by atoms with E-state index >= 15 is 0 Å². The lowest BCUT2D eigenvalue weighted by Gasteiger charge is -2.07. The fourth-order valence-corrected chi connectivity index (χ4v) is 2.15. The number of benzene rings is 1. The number of imidazole rings is 1. The Hall–Kier alpha value is -2.89. The highest BCUT2D eigenvalue weighted by molar-refractivity contribution is 6.12. The number of nitrogens with zero attached hydrogens (tertiary/aromatic N) is 3. The van der Waals surface area contributed by atoms with E-state index < -0.39 is 29.6 Å². The van der Waals surface area contributed by atoms with Crippen LogP contribution in [0.15, 0.2) is 18.2 Å². The van der Waals surface area contributed by atoms with Gasteiger partial charge >= 0.3 is 6.18 Å². The smallest absolute Gasteiger partial charge is 0.358 e. The minimum absolute atomic E-state index is 0.0423. The van der Waals surface area contributed by atoms with Crippen LogP contribution in [0.25, 0.3) is 11.0 Å². The third-order valence-corrected chi connectivity index (χ3v) is 3.32. The summed E-state index contributed by atoms with van der Waals surface area (Å²) < 4.78 is 39.4. The summed E-state index contributed by atoms with van der Waals surface area (Å²) in [7, 11) is 2.49. The van der Waals surface area contributed by atoms with E-state index in [0.717, 1.165) is 10.6 Å². The summed E-state index contributed by atoms with van der Waals surface area (Å²) in [6.45, 7) is 0. The van der Waals surface area contributed by atoms with Gasteiger partial charge in [-0.1, -0.05) is 0 Å². The summed E-state index contributed by atoms with van der Waals surface area (Å²) in [6.07, 6.45) is -4.63. The van der Waals surface area contributed by atoms with Crippen LogP contribution < -0.4 is 5.32 Å². The average Bonchev–Trinajstić information content (AvgIpc) is 2.84. The molecule has 0 saturated carbocycles. The molecule has 0 aliphatic heterocycles. The van der Waals surface area contributed by atoms with E-state index in [1.54, 1.807) is 6.07 Å². The summed E-state index contributed by atoms with van der Waals surface area (Å²) in [5.41, 5.74) is 0.0843. The molecule has 0 unspecified atom stereocenters. The van der Waals surface area contributed by atoms with Crippen LogP contribution >= 0.6 is 0 Å². The van der Waals surface area contributed by atoms with Crippen molar-refractivity contribution in [1.29, 1.82) is 5.26 Å². The Kier molecular flexibility index (Phi) is 4.10. The maximum atomic E-state index is 12.8. The number of Topliss-reactive ketones (excluding diaryl/α,β-unsaturated/α-hetero) is 1. The van der Waals surface area contributed by atoms with Gasteiger partial charge in [-0.2, -0.15) is 18.4 Å². The van der Waals surface area contributed by atoms with Crippen LogP contribution in [0.3, 0.4) is 0 Å². The zero-order valence-corrected chi connectivity index (χ0v) is 12.1. The molecule has 1 atom stereocenters.